The van der Waals surface area contributed by atoms with Crippen LogP contribution in [0.3, 0.4) is 0 Å². The summed E-state index contributed by atoms with van der Waals surface area (Å²) in [4.78, 5) is 17.9. The zero-order chi connectivity index (χ0) is 42.4. The summed E-state index contributed by atoms with van der Waals surface area (Å²) in [6, 6.07) is 57.5. The smallest absolute Gasteiger partial charge is 0.146 e. The van der Waals surface area contributed by atoms with Crippen molar-refractivity contribution >= 4 is 33.7 Å². The standard InChI is InChI=1S/2C26H22N4O.CH4/c1-31-21-14-12-19(13-15-21)22-23-25(27)28-17-29-26(23)30(16-18-8-4-2-5-9-18)24(22)20-10-6-3-7-11-20;1-31-21-14-12-20(13-15-21)24-22(19-10-6-3-7-11-19)23-25(27)28-17-29-26(23)30(24)16-18-8-4-2-5-9-18;/h2*2-15,17H,16H2,1H3,(H2,27,28,29);1H4. The van der Waals surface area contributed by atoms with Gasteiger partial charge < -0.3 is 30.1 Å². The zero-order valence-electron chi connectivity index (χ0n) is 34.4. The molecule has 0 fully saturated rings. The van der Waals surface area contributed by atoms with E-state index in [0.717, 1.165) is 78.3 Å². The normalized spacial score (nSPS) is 10.8. The van der Waals surface area contributed by atoms with Crippen LogP contribution in [0.15, 0.2) is 183 Å². The van der Waals surface area contributed by atoms with Crippen molar-refractivity contribution in [3.05, 3.63) is 194 Å². The zero-order valence-corrected chi connectivity index (χ0v) is 34.4. The van der Waals surface area contributed by atoms with Crippen LogP contribution in [0, 0.1) is 0 Å². The van der Waals surface area contributed by atoms with Crippen molar-refractivity contribution in [1.29, 1.82) is 0 Å². The molecule has 4 heterocycles. The average Bonchev–Trinajstić information content (AvgIpc) is 3.84. The van der Waals surface area contributed by atoms with E-state index in [4.69, 9.17) is 20.9 Å². The third-order valence-electron chi connectivity index (χ3n) is 11.0. The molecule has 0 bridgehead atoms. The molecule has 312 valence electrons. The number of benzene rings is 6. The molecule has 0 atom stereocenters. The first-order valence-electron chi connectivity index (χ1n) is 20.2. The quantitative estimate of drug-likeness (QED) is 0.139. The highest BCUT2D eigenvalue weighted by atomic mass is 16.5. The van der Waals surface area contributed by atoms with E-state index in [9.17, 15) is 0 Å². The van der Waals surface area contributed by atoms with E-state index in [2.05, 4.69) is 126 Å². The van der Waals surface area contributed by atoms with Crippen molar-refractivity contribution in [3.63, 3.8) is 0 Å². The third kappa shape index (κ3) is 8.30. The van der Waals surface area contributed by atoms with Gasteiger partial charge in [-0.05, 0) is 69.8 Å². The van der Waals surface area contributed by atoms with E-state index >= 15 is 0 Å². The Labute approximate surface area is 367 Å². The van der Waals surface area contributed by atoms with Gasteiger partial charge in [0.05, 0.1) is 36.4 Å². The van der Waals surface area contributed by atoms with E-state index in [-0.39, 0.29) is 7.43 Å². The minimum Gasteiger partial charge on any atom is -0.497 e. The summed E-state index contributed by atoms with van der Waals surface area (Å²) in [5, 5.41) is 1.73. The van der Waals surface area contributed by atoms with Crippen LogP contribution < -0.4 is 20.9 Å². The summed E-state index contributed by atoms with van der Waals surface area (Å²) in [7, 11) is 3.34. The molecule has 10 aromatic rings. The van der Waals surface area contributed by atoms with Crippen LogP contribution in [0.1, 0.15) is 18.6 Å². The maximum Gasteiger partial charge on any atom is 0.146 e. The minimum absolute atomic E-state index is 0. The highest BCUT2D eigenvalue weighted by Crippen LogP contribution is 2.44. The predicted octanol–water partition coefficient (Wildman–Crippen LogP) is 11.4. The topological polar surface area (TPSA) is 132 Å². The molecule has 0 aliphatic rings. The van der Waals surface area contributed by atoms with Gasteiger partial charge in [0, 0.05) is 24.2 Å². The van der Waals surface area contributed by atoms with E-state index in [0.29, 0.717) is 24.7 Å². The monoisotopic (exact) mass is 828 g/mol. The number of hydrogen-bond acceptors (Lipinski definition) is 8. The largest absolute Gasteiger partial charge is 0.497 e. The predicted molar refractivity (Wildman–Crippen MR) is 257 cm³/mol. The molecule has 0 unspecified atom stereocenters. The Morgan fingerprint density at radius 3 is 1.14 bits per heavy atom. The van der Waals surface area contributed by atoms with Crippen LogP contribution in [-0.2, 0) is 13.1 Å². The molecule has 10 rings (SSSR count). The molecule has 0 spiro atoms. The van der Waals surface area contributed by atoms with Crippen LogP contribution in [-0.4, -0.2) is 43.3 Å². The Kier molecular flexibility index (Phi) is 12.2. The van der Waals surface area contributed by atoms with E-state index in [1.807, 2.05) is 72.8 Å². The number of nitrogens with zero attached hydrogens (tertiary/aromatic N) is 6. The molecule has 0 aliphatic carbocycles. The SMILES string of the molecule is C.COc1ccc(-c2c(-c3ccccc3)c3c(N)ncnc3n2Cc2ccccc2)cc1.COc1ccc(-c2c(-c3ccccc3)n(Cc3ccccc3)c3ncnc(N)c23)cc1. The van der Waals surface area contributed by atoms with Gasteiger partial charge in [-0.2, -0.15) is 0 Å². The van der Waals surface area contributed by atoms with Crippen LogP contribution in [0.25, 0.3) is 66.8 Å². The molecule has 0 aliphatic heterocycles. The number of nitrogens with two attached hydrogens (primary N) is 2. The Morgan fingerprint density at radius 2 is 0.746 bits per heavy atom. The number of ether oxygens (including phenoxy) is 2. The second-order valence-electron chi connectivity index (χ2n) is 14.7. The lowest BCUT2D eigenvalue weighted by Crippen LogP contribution is -2.03. The summed E-state index contributed by atoms with van der Waals surface area (Å²) in [6.07, 6.45) is 3.07. The Morgan fingerprint density at radius 1 is 0.413 bits per heavy atom. The second kappa shape index (κ2) is 18.6. The number of fused-ring (bicyclic) bond motifs is 2. The Hall–Kier alpha value is -8.24. The van der Waals surface area contributed by atoms with Gasteiger partial charge in [0.1, 0.15) is 47.1 Å². The molecule has 6 aromatic carbocycles. The summed E-state index contributed by atoms with van der Waals surface area (Å²) in [6.45, 7) is 1.34. The third-order valence-corrected chi connectivity index (χ3v) is 11.0. The minimum atomic E-state index is 0. The molecule has 0 amide bonds. The van der Waals surface area contributed by atoms with Gasteiger partial charge >= 0.3 is 0 Å². The number of hydrogen-bond donors (Lipinski definition) is 2. The lowest BCUT2D eigenvalue weighted by Gasteiger charge is -2.13. The van der Waals surface area contributed by atoms with Gasteiger partial charge in [0.2, 0.25) is 0 Å². The van der Waals surface area contributed by atoms with Gasteiger partial charge in [0.25, 0.3) is 0 Å². The fraction of sp³-hybridized carbons (Fsp3) is 0.0943. The lowest BCUT2D eigenvalue weighted by atomic mass is 9.98. The second-order valence-corrected chi connectivity index (χ2v) is 14.7. The molecule has 10 heteroatoms. The van der Waals surface area contributed by atoms with E-state index in [1.165, 1.54) is 23.8 Å². The first kappa shape index (κ1) is 41.5. The van der Waals surface area contributed by atoms with Crippen molar-refractivity contribution in [2.45, 2.75) is 20.5 Å². The molecule has 63 heavy (non-hydrogen) atoms. The van der Waals surface area contributed by atoms with Gasteiger partial charge in [-0.25, -0.2) is 19.9 Å². The molecule has 0 saturated heterocycles. The summed E-state index contributed by atoms with van der Waals surface area (Å²) < 4.78 is 15.2. The fourth-order valence-corrected chi connectivity index (χ4v) is 8.10. The first-order valence-corrected chi connectivity index (χ1v) is 20.2. The van der Waals surface area contributed by atoms with Crippen molar-refractivity contribution < 1.29 is 9.47 Å². The summed E-state index contributed by atoms with van der Waals surface area (Å²) >= 11 is 0. The number of methoxy groups -OCH3 is 2. The number of nitrogen functional groups attached to an aromatic ring is 2. The van der Waals surface area contributed by atoms with Gasteiger partial charge in [-0.15, -0.1) is 0 Å². The molecular weight excluding hydrogens is 781 g/mol. The Balaban J connectivity index is 0.000000170. The highest BCUT2D eigenvalue weighted by molar-refractivity contribution is 6.09. The number of aromatic nitrogens is 6. The molecule has 4 aromatic heterocycles. The molecule has 10 nitrogen and oxygen atoms in total. The first-order chi connectivity index (χ1) is 30.5. The van der Waals surface area contributed by atoms with Gasteiger partial charge in [-0.3, -0.25) is 0 Å². The molecule has 4 N–H and O–H groups in total. The van der Waals surface area contributed by atoms with Crippen molar-refractivity contribution in [2.24, 2.45) is 0 Å². The van der Waals surface area contributed by atoms with Crippen LogP contribution in [0.2, 0.25) is 0 Å². The number of rotatable bonds is 10. The van der Waals surface area contributed by atoms with Crippen LogP contribution in [0.4, 0.5) is 11.6 Å². The van der Waals surface area contributed by atoms with Crippen molar-refractivity contribution in [3.8, 4) is 56.3 Å². The molecule has 0 radical (unpaired) electrons. The average molecular weight is 829 g/mol. The van der Waals surface area contributed by atoms with Gasteiger partial charge in [-0.1, -0.05) is 141 Å². The van der Waals surface area contributed by atoms with Crippen molar-refractivity contribution in [1.82, 2.24) is 29.1 Å². The maximum absolute atomic E-state index is 6.41. The van der Waals surface area contributed by atoms with Gasteiger partial charge in [0.15, 0.2) is 0 Å². The van der Waals surface area contributed by atoms with E-state index < -0.39 is 0 Å². The summed E-state index contributed by atoms with van der Waals surface area (Å²) in [5.74, 6) is 2.57. The number of anilines is 2. The Bertz CT molecular complexity index is 3070. The molecular formula is C53H48N8O2. The lowest BCUT2D eigenvalue weighted by molar-refractivity contribution is 0.415. The fourth-order valence-electron chi connectivity index (χ4n) is 8.10. The van der Waals surface area contributed by atoms with Crippen LogP contribution in [0.5, 0.6) is 11.5 Å². The molecule has 0 saturated carbocycles. The highest BCUT2D eigenvalue weighted by Gasteiger charge is 2.25. The van der Waals surface area contributed by atoms with E-state index in [1.54, 1.807) is 14.2 Å². The maximum atomic E-state index is 6.41. The van der Waals surface area contributed by atoms with Crippen molar-refractivity contribution in [2.75, 3.05) is 25.7 Å². The summed E-state index contributed by atoms with van der Waals surface area (Å²) in [5.41, 5.74) is 25.3. The van der Waals surface area contributed by atoms with Crippen LogP contribution >= 0.6 is 0 Å².